The highest BCUT2D eigenvalue weighted by Gasteiger charge is 2.57. The Morgan fingerprint density at radius 3 is 1.33 bits per heavy atom. The number of aliphatic hydroxyl groups excluding tert-OH is 12. The van der Waals surface area contributed by atoms with Crippen molar-refractivity contribution in [2.75, 3.05) is 25.1 Å². The normalized spacial score (nSPS) is 42.7. The predicted octanol–water partition coefficient (Wildman–Crippen LogP) is -6.07. The molecule has 18 nitrogen and oxygen atoms in total. The molecule has 3 fully saturated rings. The third kappa shape index (κ3) is 8.84. The van der Waals surface area contributed by atoms with Gasteiger partial charge in [-0.25, -0.2) is 0 Å². The second-order valence-electron chi connectivity index (χ2n) is 14.3. The Bertz CT molecular complexity index is 1190. The number of para-hydroxylation sites is 1. The molecule has 0 spiro atoms. The van der Waals surface area contributed by atoms with Crippen molar-refractivity contribution in [2.24, 2.45) is 29.2 Å². The number of hydrogen-bond donors (Lipinski definition) is 15. The smallest absolute Gasteiger partial charge is 0.111 e. The van der Waals surface area contributed by atoms with Gasteiger partial charge in [-0.2, -0.15) is 0 Å². The molecule has 0 amide bonds. The summed E-state index contributed by atoms with van der Waals surface area (Å²) in [6.07, 6.45) is -24.2. The summed E-state index contributed by atoms with van der Waals surface area (Å²) in [5.41, 5.74) is 13.6. The summed E-state index contributed by atoms with van der Waals surface area (Å²) in [6.45, 7) is 0.920. The van der Waals surface area contributed by atoms with Gasteiger partial charge in [0, 0.05) is 41.6 Å². The second kappa shape index (κ2) is 18.1. The van der Waals surface area contributed by atoms with Gasteiger partial charge in [0.25, 0.3) is 0 Å². The van der Waals surface area contributed by atoms with Crippen LogP contribution in [-0.2, 0) is 14.2 Å². The first kappa shape index (κ1) is 42.1. The lowest BCUT2D eigenvalue weighted by Gasteiger charge is -2.53. The van der Waals surface area contributed by atoms with Crippen molar-refractivity contribution >= 4 is 5.69 Å². The minimum absolute atomic E-state index is 0.115. The molecule has 0 bridgehead atoms. The molecule has 3 aliphatic heterocycles. The van der Waals surface area contributed by atoms with Gasteiger partial charge in [0.2, 0.25) is 0 Å². The third-order valence-corrected chi connectivity index (χ3v) is 10.8. The van der Waals surface area contributed by atoms with Gasteiger partial charge < -0.3 is 92.3 Å². The molecule has 4 rings (SSSR count). The highest BCUT2D eigenvalue weighted by molar-refractivity contribution is 5.44. The molecule has 294 valence electrons. The molecule has 6 unspecified atom stereocenters. The number of nitrogens with one attached hydrogen (secondary N) is 1. The average molecular weight is 736 g/mol. The van der Waals surface area contributed by atoms with Crippen LogP contribution in [0.2, 0.25) is 0 Å². The Morgan fingerprint density at radius 2 is 0.941 bits per heavy atom. The van der Waals surface area contributed by atoms with E-state index >= 15 is 0 Å². The molecule has 3 heterocycles. The largest absolute Gasteiger partial charge is 0.394 e. The first-order valence-corrected chi connectivity index (χ1v) is 17.3. The van der Waals surface area contributed by atoms with Crippen LogP contribution in [0, 0.1) is 17.8 Å². The van der Waals surface area contributed by atoms with Gasteiger partial charge in [0.1, 0.15) is 73.2 Å². The molecule has 0 aromatic heterocycles. The van der Waals surface area contributed by atoms with Crippen LogP contribution in [0.1, 0.15) is 20.3 Å². The second-order valence-corrected chi connectivity index (χ2v) is 14.3. The molecule has 1 aromatic carbocycles. The molecule has 0 radical (unpaired) electrons. The maximum atomic E-state index is 11.6. The third-order valence-electron chi connectivity index (χ3n) is 10.8. The van der Waals surface area contributed by atoms with Crippen molar-refractivity contribution in [3.8, 4) is 0 Å². The quantitative estimate of drug-likeness (QED) is 0.0845. The highest BCUT2D eigenvalue weighted by Crippen LogP contribution is 2.42. The number of anilines is 1. The first-order valence-electron chi connectivity index (χ1n) is 17.3. The van der Waals surface area contributed by atoms with E-state index in [2.05, 4.69) is 5.32 Å². The standard InChI is InChI=1S/C33H57N3O15/c1-12(34)15(31-28(46)25(43)22(40)17(9-37)49-31)8-16(36-14-6-4-3-5-7-14)21(33-30(48)27(45)24(42)19(11-39)51-33)20(13(2)35)32-29(47)26(44)23(41)18(10-38)50-32/h3-7,12-13,15-33,36-48H,8-11,34-35H2,1-2H3/t12?,13?,15?,16?,17-,18-,19-,20?,21?,22+,23+,24+,25+,26+,27+,28-,29-,30-,31+,32+,33+/m1/s1. The summed E-state index contributed by atoms with van der Waals surface area (Å²) in [5, 5.41) is 132. The lowest BCUT2D eigenvalue weighted by atomic mass is 9.67. The van der Waals surface area contributed by atoms with Crippen LogP contribution in [0.4, 0.5) is 5.69 Å². The summed E-state index contributed by atoms with van der Waals surface area (Å²) in [6, 6.07) is 5.79. The van der Waals surface area contributed by atoms with Crippen molar-refractivity contribution < 1.29 is 75.5 Å². The Kier molecular flexibility index (Phi) is 14.9. The lowest BCUT2D eigenvalue weighted by Crippen LogP contribution is -2.68. The molecular formula is C33H57N3O15. The lowest BCUT2D eigenvalue weighted by molar-refractivity contribution is -0.272. The summed E-state index contributed by atoms with van der Waals surface area (Å²) < 4.78 is 18.1. The van der Waals surface area contributed by atoms with E-state index in [-0.39, 0.29) is 6.42 Å². The van der Waals surface area contributed by atoms with E-state index in [1.165, 1.54) is 0 Å². The zero-order chi connectivity index (χ0) is 37.9. The maximum absolute atomic E-state index is 11.6. The van der Waals surface area contributed by atoms with Gasteiger partial charge in [-0.15, -0.1) is 0 Å². The molecule has 18 heteroatoms. The molecule has 21 atom stereocenters. The Hall–Kier alpha value is -1.66. The minimum atomic E-state index is -1.85. The first-order chi connectivity index (χ1) is 24.1. The van der Waals surface area contributed by atoms with Crippen molar-refractivity contribution in [2.45, 2.75) is 130 Å². The van der Waals surface area contributed by atoms with Gasteiger partial charge in [0.05, 0.1) is 38.1 Å². The van der Waals surface area contributed by atoms with E-state index in [4.69, 9.17) is 25.7 Å². The summed E-state index contributed by atoms with van der Waals surface area (Å²) in [5.74, 6) is -3.31. The number of ether oxygens (including phenoxy) is 3. The SMILES string of the molecule is CC(N)C(CC(Nc1ccccc1)C(C(C(C)N)[C@@H]1O[C@H](CO)[C@H](O)[C@H](O)[C@H]1O)[C@@H]1O[C@H](CO)[C@H](O)[C@H](O)[C@H]1O)[C@@H]1O[C@H](CO)[C@H](O)[C@H](O)[C@H]1O. The van der Waals surface area contributed by atoms with Crippen LogP contribution in [0.15, 0.2) is 30.3 Å². The maximum Gasteiger partial charge on any atom is 0.111 e. The zero-order valence-electron chi connectivity index (χ0n) is 28.6. The monoisotopic (exact) mass is 735 g/mol. The molecule has 0 aliphatic carbocycles. The molecule has 3 aliphatic rings. The van der Waals surface area contributed by atoms with E-state index in [0.29, 0.717) is 5.69 Å². The molecule has 51 heavy (non-hydrogen) atoms. The van der Waals surface area contributed by atoms with E-state index in [9.17, 15) is 61.3 Å². The Labute approximate surface area is 295 Å². The number of nitrogens with two attached hydrogens (primary N) is 2. The molecule has 3 saturated heterocycles. The number of hydrogen-bond acceptors (Lipinski definition) is 18. The number of aliphatic hydroxyl groups is 12. The molecule has 0 saturated carbocycles. The average Bonchev–Trinajstić information content (AvgIpc) is 3.11. The molecule has 17 N–H and O–H groups in total. The van der Waals surface area contributed by atoms with E-state index in [1.54, 1.807) is 44.2 Å². The van der Waals surface area contributed by atoms with Crippen LogP contribution < -0.4 is 16.8 Å². The van der Waals surface area contributed by atoms with Gasteiger partial charge in [-0.3, -0.25) is 0 Å². The number of rotatable bonds is 14. The molecular weight excluding hydrogens is 678 g/mol. The van der Waals surface area contributed by atoms with Gasteiger partial charge in [-0.05, 0) is 32.4 Å². The van der Waals surface area contributed by atoms with Crippen molar-refractivity contribution in [3.05, 3.63) is 30.3 Å². The van der Waals surface area contributed by atoms with Gasteiger partial charge in [-0.1, -0.05) is 18.2 Å². The Balaban J connectivity index is 1.91. The Morgan fingerprint density at radius 1 is 0.549 bits per heavy atom. The molecule has 1 aromatic rings. The summed E-state index contributed by atoms with van der Waals surface area (Å²) >= 11 is 0. The van der Waals surface area contributed by atoms with Crippen molar-refractivity contribution in [3.63, 3.8) is 0 Å². The predicted molar refractivity (Wildman–Crippen MR) is 178 cm³/mol. The van der Waals surface area contributed by atoms with Crippen LogP contribution in [-0.4, -0.2) is 191 Å². The fraction of sp³-hybridized carbons (Fsp3) is 0.818. The fourth-order valence-corrected chi connectivity index (χ4v) is 7.97. The van der Waals surface area contributed by atoms with E-state index in [0.717, 1.165) is 0 Å². The minimum Gasteiger partial charge on any atom is -0.394 e. The topological polar surface area (TPSA) is 335 Å². The highest BCUT2D eigenvalue weighted by atomic mass is 16.6. The summed E-state index contributed by atoms with van der Waals surface area (Å²) in [4.78, 5) is 0. The van der Waals surface area contributed by atoms with E-state index < -0.39 is 147 Å². The summed E-state index contributed by atoms with van der Waals surface area (Å²) in [7, 11) is 0. The van der Waals surface area contributed by atoms with Gasteiger partial charge >= 0.3 is 0 Å². The van der Waals surface area contributed by atoms with Gasteiger partial charge in [0.15, 0.2) is 0 Å². The fourth-order valence-electron chi connectivity index (χ4n) is 7.97. The zero-order valence-corrected chi connectivity index (χ0v) is 28.6. The van der Waals surface area contributed by atoms with Crippen LogP contribution in [0.5, 0.6) is 0 Å². The van der Waals surface area contributed by atoms with E-state index in [1.807, 2.05) is 0 Å². The number of benzene rings is 1. The van der Waals surface area contributed by atoms with Crippen LogP contribution in [0.3, 0.4) is 0 Å². The van der Waals surface area contributed by atoms with Crippen molar-refractivity contribution in [1.82, 2.24) is 0 Å². The van der Waals surface area contributed by atoms with Crippen LogP contribution in [0.25, 0.3) is 0 Å². The van der Waals surface area contributed by atoms with Crippen molar-refractivity contribution in [1.29, 1.82) is 0 Å². The van der Waals surface area contributed by atoms with Crippen LogP contribution >= 0.6 is 0 Å².